The van der Waals surface area contributed by atoms with Gasteiger partial charge in [0.25, 0.3) is 5.91 Å². The fourth-order valence-electron chi connectivity index (χ4n) is 0.798. The van der Waals surface area contributed by atoms with Gasteiger partial charge in [-0.1, -0.05) is 0 Å². The lowest BCUT2D eigenvalue weighted by Crippen LogP contribution is -2.23. The molecule has 0 spiro atoms. The molecule has 1 N–H and O–H groups in total. The van der Waals surface area contributed by atoms with Crippen LogP contribution in [0, 0.1) is 5.82 Å². The van der Waals surface area contributed by atoms with E-state index in [9.17, 15) is 9.18 Å². The number of benzene rings is 1. The van der Waals surface area contributed by atoms with Crippen molar-refractivity contribution in [2.75, 3.05) is 6.61 Å². The zero-order valence-corrected chi connectivity index (χ0v) is 7.21. The molecule has 0 atom stereocenters. The van der Waals surface area contributed by atoms with Crippen LogP contribution in [0.4, 0.5) is 4.39 Å². The highest BCUT2D eigenvalue weighted by molar-refractivity contribution is 5.93. The van der Waals surface area contributed by atoms with Crippen molar-refractivity contribution in [2.24, 2.45) is 0 Å². The Morgan fingerprint density at radius 3 is 2.62 bits per heavy atom. The number of amides is 1. The zero-order valence-electron chi connectivity index (χ0n) is 7.21. The first kappa shape index (κ1) is 9.67. The van der Waals surface area contributed by atoms with Gasteiger partial charge in [0.1, 0.15) is 5.82 Å². The van der Waals surface area contributed by atoms with Gasteiger partial charge in [-0.3, -0.25) is 9.63 Å². The molecule has 13 heavy (non-hydrogen) atoms. The zero-order chi connectivity index (χ0) is 9.68. The lowest BCUT2D eigenvalue weighted by molar-refractivity contribution is 0.0364. The molecule has 0 bridgehead atoms. The van der Waals surface area contributed by atoms with Gasteiger partial charge in [0.2, 0.25) is 0 Å². The maximum atomic E-state index is 12.4. The molecule has 0 fully saturated rings. The summed E-state index contributed by atoms with van der Waals surface area (Å²) < 4.78 is 12.4. The number of halogens is 1. The molecular weight excluding hydrogens is 173 g/mol. The van der Waals surface area contributed by atoms with Gasteiger partial charge in [0.15, 0.2) is 0 Å². The van der Waals surface area contributed by atoms with Crippen LogP contribution in [-0.2, 0) is 4.84 Å². The molecule has 3 nitrogen and oxygen atoms in total. The highest BCUT2D eigenvalue weighted by atomic mass is 19.1. The Hall–Kier alpha value is -1.42. The summed E-state index contributed by atoms with van der Waals surface area (Å²) in [6, 6.07) is 5.23. The standard InChI is InChI=1S/C9H10FNO2/c1-2-13-11-9(12)7-3-5-8(10)6-4-7/h3-6H,2H2,1H3,(H,11,12). The Morgan fingerprint density at radius 2 is 2.08 bits per heavy atom. The summed E-state index contributed by atoms with van der Waals surface area (Å²) in [5.74, 6) is -0.741. The Balaban J connectivity index is 2.61. The molecule has 1 rings (SSSR count). The second-order valence-corrected chi connectivity index (χ2v) is 2.37. The average molecular weight is 183 g/mol. The normalized spacial score (nSPS) is 9.69. The molecule has 0 unspecified atom stereocenters. The average Bonchev–Trinajstić information content (AvgIpc) is 2.15. The third-order valence-electron chi connectivity index (χ3n) is 1.42. The molecule has 1 amide bonds. The van der Waals surface area contributed by atoms with Crippen LogP contribution in [0.25, 0.3) is 0 Å². The third-order valence-corrected chi connectivity index (χ3v) is 1.42. The maximum Gasteiger partial charge on any atom is 0.274 e. The van der Waals surface area contributed by atoms with Crippen LogP contribution < -0.4 is 5.48 Å². The number of carbonyl (C=O) groups excluding carboxylic acids is 1. The molecule has 0 radical (unpaired) electrons. The first-order valence-electron chi connectivity index (χ1n) is 3.91. The van der Waals surface area contributed by atoms with E-state index in [2.05, 4.69) is 10.3 Å². The minimum atomic E-state index is -0.373. The molecule has 0 aliphatic heterocycles. The van der Waals surface area contributed by atoms with Crippen molar-refractivity contribution < 1.29 is 14.0 Å². The smallest absolute Gasteiger partial charge is 0.274 e. The summed E-state index contributed by atoms with van der Waals surface area (Å²) in [6.07, 6.45) is 0. The van der Waals surface area contributed by atoms with Crippen molar-refractivity contribution in [3.8, 4) is 0 Å². The van der Waals surface area contributed by atoms with Crippen LogP contribution in [0.5, 0.6) is 0 Å². The summed E-state index contributed by atoms with van der Waals surface area (Å²) in [4.78, 5) is 15.8. The highest BCUT2D eigenvalue weighted by Gasteiger charge is 2.03. The van der Waals surface area contributed by atoms with E-state index in [1.54, 1.807) is 6.92 Å². The minimum Gasteiger partial charge on any atom is -0.274 e. The van der Waals surface area contributed by atoms with Gasteiger partial charge < -0.3 is 0 Å². The SMILES string of the molecule is CCONC(=O)c1ccc(F)cc1. The van der Waals surface area contributed by atoms with E-state index >= 15 is 0 Å². The van der Waals surface area contributed by atoms with Crippen molar-refractivity contribution in [2.45, 2.75) is 6.92 Å². The molecule has 0 aromatic heterocycles. The molecule has 0 aliphatic carbocycles. The summed E-state index contributed by atoms with van der Waals surface area (Å²) in [5, 5.41) is 0. The molecular formula is C9H10FNO2. The summed E-state index contributed by atoms with van der Waals surface area (Å²) in [5.41, 5.74) is 2.58. The van der Waals surface area contributed by atoms with Crippen LogP contribution in [0.3, 0.4) is 0 Å². The lowest BCUT2D eigenvalue weighted by Gasteiger charge is -2.02. The van der Waals surface area contributed by atoms with E-state index < -0.39 is 0 Å². The van der Waals surface area contributed by atoms with E-state index in [1.165, 1.54) is 24.3 Å². The fraction of sp³-hybridized carbons (Fsp3) is 0.222. The Morgan fingerprint density at radius 1 is 1.46 bits per heavy atom. The Kier molecular flexibility index (Phi) is 3.40. The Bertz CT molecular complexity index is 284. The number of nitrogens with one attached hydrogen (secondary N) is 1. The predicted molar refractivity (Wildman–Crippen MR) is 45.5 cm³/mol. The quantitative estimate of drug-likeness (QED) is 0.721. The number of rotatable bonds is 3. The van der Waals surface area contributed by atoms with Gasteiger partial charge in [0.05, 0.1) is 6.61 Å². The van der Waals surface area contributed by atoms with E-state index in [-0.39, 0.29) is 11.7 Å². The second kappa shape index (κ2) is 4.57. The van der Waals surface area contributed by atoms with Gasteiger partial charge in [-0.2, -0.15) is 0 Å². The van der Waals surface area contributed by atoms with Crippen LogP contribution in [0.1, 0.15) is 17.3 Å². The predicted octanol–water partition coefficient (Wildman–Crippen LogP) is 1.51. The van der Waals surface area contributed by atoms with E-state index in [0.717, 1.165) is 0 Å². The van der Waals surface area contributed by atoms with Gasteiger partial charge in [-0.25, -0.2) is 9.87 Å². The van der Waals surface area contributed by atoms with Crippen molar-refractivity contribution in [1.82, 2.24) is 5.48 Å². The second-order valence-electron chi connectivity index (χ2n) is 2.37. The molecule has 1 aromatic rings. The van der Waals surface area contributed by atoms with Crippen molar-refractivity contribution in [3.63, 3.8) is 0 Å². The van der Waals surface area contributed by atoms with Gasteiger partial charge >= 0.3 is 0 Å². The van der Waals surface area contributed by atoms with Gasteiger partial charge in [-0.15, -0.1) is 0 Å². The van der Waals surface area contributed by atoms with Crippen LogP contribution in [-0.4, -0.2) is 12.5 Å². The largest absolute Gasteiger partial charge is 0.274 e. The lowest BCUT2D eigenvalue weighted by atomic mass is 10.2. The maximum absolute atomic E-state index is 12.4. The van der Waals surface area contributed by atoms with E-state index in [1.807, 2.05) is 0 Å². The van der Waals surface area contributed by atoms with Crippen LogP contribution in [0.15, 0.2) is 24.3 Å². The molecule has 0 saturated heterocycles. The van der Waals surface area contributed by atoms with Crippen LogP contribution >= 0.6 is 0 Å². The molecule has 4 heteroatoms. The van der Waals surface area contributed by atoms with E-state index in [0.29, 0.717) is 12.2 Å². The molecule has 0 heterocycles. The first-order chi connectivity index (χ1) is 6.24. The number of hydrogen-bond acceptors (Lipinski definition) is 2. The summed E-state index contributed by atoms with van der Waals surface area (Å²) >= 11 is 0. The Labute approximate surface area is 75.5 Å². The van der Waals surface area contributed by atoms with Gasteiger partial charge in [0, 0.05) is 5.56 Å². The number of hydroxylamine groups is 1. The van der Waals surface area contributed by atoms with E-state index in [4.69, 9.17) is 0 Å². The number of hydrogen-bond donors (Lipinski definition) is 1. The molecule has 70 valence electrons. The first-order valence-corrected chi connectivity index (χ1v) is 3.91. The van der Waals surface area contributed by atoms with Crippen molar-refractivity contribution >= 4 is 5.91 Å². The summed E-state index contributed by atoms with van der Waals surface area (Å²) in [7, 11) is 0. The summed E-state index contributed by atoms with van der Waals surface area (Å²) in [6.45, 7) is 2.15. The van der Waals surface area contributed by atoms with Crippen molar-refractivity contribution in [1.29, 1.82) is 0 Å². The fourth-order valence-corrected chi connectivity index (χ4v) is 0.798. The topological polar surface area (TPSA) is 38.3 Å². The van der Waals surface area contributed by atoms with Gasteiger partial charge in [-0.05, 0) is 31.2 Å². The third kappa shape index (κ3) is 2.83. The molecule has 0 aliphatic rings. The molecule has 0 saturated carbocycles. The minimum absolute atomic E-state index is 0.368. The monoisotopic (exact) mass is 183 g/mol. The molecule has 1 aromatic carbocycles. The van der Waals surface area contributed by atoms with Crippen LogP contribution in [0.2, 0.25) is 0 Å². The van der Waals surface area contributed by atoms with Crippen molar-refractivity contribution in [3.05, 3.63) is 35.6 Å². The highest BCUT2D eigenvalue weighted by Crippen LogP contribution is 2.01. The number of carbonyl (C=O) groups is 1.